The molecule has 10 heavy (non-hydrogen) atoms. The van der Waals surface area contributed by atoms with Crippen molar-refractivity contribution in [1.82, 2.24) is 0 Å². The molecule has 2 nitrogen and oxygen atoms in total. The van der Waals surface area contributed by atoms with Gasteiger partial charge in [-0.1, -0.05) is 20.8 Å². The third kappa shape index (κ3) is 2.67. The molecule has 0 aromatic carbocycles. The van der Waals surface area contributed by atoms with Crippen LogP contribution in [0.4, 0.5) is 0 Å². The van der Waals surface area contributed by atoms with Crippen LogP contribution < -0.4 is 5.73 Å². The van der Waals surface area contributed by atoms with Gasteiger partial charge in [-0.3, -0.25) is 0 Å². The Morgan fingerprint density at radius 2 is 1.70 bits per heavy atom. The highest BCUT2D eigenvalue weighted by Gasteiger charge is 2.27. The number of hydrogen-bond acceptors (Lipinski definition) is 2. The first-order valence-electron chi connectivity index (χ1n) is 3.68. The Kier molecular flexibility index (Phi) is 3.33. The van der Waals surface area contributed by atoms with Crippen LogP contribution in [0.3, 0.4) is 0 Å². The number of ether oxygens (including phenoxy) is 1. The lowest BCUT2D eigenvalue weighted by Gasteiger charge is -2.32. The predicted molar refractivity (Wildman–Crippen MR) is 43.9 cm³/mol. The number of methoxy groups -OCH3 is 1. The highest BCUT2D eigenvalue weighted by atomic mass is 16.5. The second-order valence-corrected chi connectivity index (χ2v) is 3.88. The summed E-state index contributed by atoms with van der Waals surface area (Å²) in [5.41, 5.74) is 5.85. The molecule has 0 aliphatic carbocycles. The first kappa shape index (κ1) is 9.92. The largest absolute Gasteiger partial charge is 0.379 e. The Bertz CT molecular complexity index is 93.9. The van der Waals surface area contributed by atoms with Crippen LogP contribution in [-0.4, -0.2) is 19.3 Å². The molecule has 2 N–H and O–H groups in total. The summed E-state index contributed by atoms with van der Waals surface area (Å²) in [6.45, 7) is 8.36. The van der Waals surface area contributed by atoms with E-state index in [-0.39, 0.29) is 17.6 Å². The van der Waals surface area contributed by atoms with E-state index in [9.17, 15) is 0 Å². The Morgan fingerprint density at radius 3 is 1.70 bits per heavy atom. The Hall–Kier alpha value is -0.0800. The van der Waals surface area contributed by atoms with Gasteiger partial charge in [0.05, 0.1) is 6.10 Å². The summed E-state index contributed by atoms with van der Waals surface area (Å²) in [7, 11) is 1.71. The van der Waals surface area contributed by atoms with E-state index < -0.39 is 0 Å². The minimum atomic E-state index is 0.102. The normalized spacial score (nSPS) is 18.6. The van der Waals surface area contributed by atoms with Crippen molar-refractivity contribution >= 4 is 0 Å². The van der Waals surface area contributed by atoms with E-state index in [1.807, 2.05) is 6.92 Å². The summed E-state index contributed by atoms with van der Waals surface area (Å²) in [5.74, 6) is 0. The van der Waals surface area contributed by atoms with Gasteiger partial charge in [-0.15, -0.1) is 0 Å². The number of nitrogens with two attached hydrogens (primary N) is 1. The average Bonchev–Trinajstić information content (AvgIpc) is 1.60. The van der Waals surface area contributed by atoms with Gasteiger partial charge in [0, 0.05) is 13.2 Å². The quantitative estimate of drug-likeness (QED) is 0.637. The van der Waals surface area contributed by atoms with E-state index in [4.69, 9.17) is 10.5 Å². The maximum atomic E-state index is 5.71. The van der Waals surface area contributed by atoms with Crippen molar-refractivity contribution in [2.45, 2.75) is 39.8 Å². The lowest BCUT2D eigenvalue weighted by molar-refractivity contribution is 0.00233. The lowest BCUT2D eigenvalue weighted by Crippen LogP contribution is -2.42. The molecule has 2 atom stereocenters. The second-order valence-electron chi connectivity index (χ2n) is 3.88. The van der Waals surface area contributed by atoms with E-state index in [0.29, 0.717) is 0 Å². The molecule has 0 heterocycles. The van der Waals surface area contributed by atoms with Crippen molar-refractivity contribution < 1.29 is 4.74 Å². The summed E-state index contributed by atoms with van der Waals surface area (Å²) < 4.78 is 5.25. The molecule has 0 aliphatic rings. The third-order valence-electron chi connectivity index (χ3n) is 1.59. The maximum absolute atomic E-state index is 5.71. The van der Waals surface area contributed by atoms with Crippen LogP contribution in [0.5, 0.6) is 0 Å². The smallest absolute Gasteiger partial charge is 0.0767 e. The van der Waals surface area contributed by atoms with E-state index in [0.717, 1.165) is 0 Å². The summed E-state index contributed by atoms with van der Waals surface area (Å²) in [4.78, 5) is 0. The average molecular weight is 145 g/mol. The zero-order valence-corrected chi connectivity index (χ0v) is 7.64. The third-order valence-corrected chi connectivity index (χ3v) is 1.59. The van der Waals surface area contributed by atoms with Crippen molar-refractivity contribution in [3.63, 3.8) is 0 Å². The molecular weight excluding hydrogens is 126 g/mol. The molecule has 0 spiro atoms. The van der Waals surface area contributed by atoms with Gasteiger partial charge in [0.2, 0.25) is 0 Å². The summed E-state index contributed by atoms with van der Waals surface area (Å²) in [5, 5.41) is 0. The van der Waals surface area contributed by atoms with Gasteiger partial charge in [0.25, 0.3) is 0 Å². The van der Waals surface area contributed by atoms with E-state index in [1.165, 1.54) is 0 Å². The van der Waals surface area contributed by atoms with Crippen LogP contribution >= 0.6 is 0 Å². The summed E-state index contributed by atoms with van der Waals surface area (Å²) >= 11 is 0. The van der Waals surface area contributed by atoms with Gasteiger partial charge in [-0.25, -0.2) is 0 Å². The minimum absolute atomic E-state index is 0.102. The second kappa shape index (κ2) is 3.35. The van der Waals surface area contributed by atoms with E-state index in [2.05, 4.69) is 20.8 Å². The highest BCUT2D eigenvalue weighted by Crippen LogP contribution is 2.23. The van der Waals surface area contributed by atoms with Crippen LogP contribution in [0.1, 0.15) is 27.7 Å². The molecule has 0 bridgehead atoms. The molecule has 2 unspecified atom stereocenters. The van der Waals surface area contributed by atoms with Crippen LogP contribution in [0.15, 0.2) is 0 Å². The molecule has 0 fully saturated rings. The van der Waals surface area contributed by atoms with Crippen LogP contribution in [-0.2, 0) is 4.74 Å². The number of hydrogen-bond donors (Lipinski definition) is 1. The number of rotatable bonds is 2. The summed E-state index contributed by atoms with van der Waals surface area (Å²) in [6, 6.07) is 0.102. The van der Waals surface area contributed by atoms with E-state index >= 15 is 0 Å². The van der Waals surface area contributed by atoms with Crippen molar-refractivity contribution in [1.29, 1.82) is 0 Å². The topological polar surface area (TPSA) is 35.2 Å². The Balaban J connectivity index is 4.07. The van der Waals surface area contributed by atoms with Gasteiger partial charge in [0.15, 0.2) is 0 Å². The molecule has 0 radical (unpaired) electrons. The van der Waals surface area contributed by atoms with Crippen molar-refractivity contribution in [2.24, 2.45) is 11.1 Å². The fraction of sp³-hybridized carbons (Fsp3) is 1.00. The highest BCUT2D eigenvalue weighted by molar-refractivity contribution is 4.80. The molecule has 62 valence electrons. The monoisotopic (exact) mass is 145 g/mol. The molecular formula is C8H19NO. The molecule has 0 saturated heterocycles. The van der Waals surface area contributed by atoms with Gasteiger partial charge in [-0.2, -0.15) is 0 Å². The van der Waals surface area contributed by atoms with Gasteiger partial charge in [-0.05, 0) is 12.3 Å². The molecule has 0 rings (SSSR count). The molecule has 0 saturated carbocycles. The van der Waals surface area contributed by atoms with Crippen molar-refractivity contribution in [3.8, 4) is 0 Å². The SMILES string of the molecule is COC(C(C)N)C(C)(C)C. The minimum Gasteiger partial charge on any atom is -0.379 e. The van der Waals surface area contributed by atoms with Gasteiger partial charge >= 0.3 is 0 Å². The van der Waals surface area contributed by atoms with Crippen molar-refractivity contribution in [3.05, 3.63) is 0 Å². The Morgan fingerprint density at radius 1 is 1.30 bits per heavy atom. The Labute approximate surface area is 63.7 Å². The first-order chi connectivity index (χ1) is 4.39. The van der Waals surface area contributed by atoms with Gasteiger partial charge < -0.3 is 10.5 Å². The molecule has 2 heteroatoms. The van der Waals surface area contributed by atoms with Crippen LogP contribution in [0.25, 0.3) is 0 Å². The van der Waals surface area contributed by atoms with Gasteiger partial charge in [0.1, 0.15) is 0 Å². The maximum Gasteiger partial charge on any atom is 0.0767 e. The summed E-state index contributed by atoms with van der Waals surface area (Å²) in [6.07, 6.45) is 0.146. The van der Waals surface area contributed by atoms with Crippen molar-refractivity contribution in [2.75, 3.05) is 7.11 Å². The molecule has 0 aliphatic heterocycles. The lowest BCUT2D eigenvalue weighted by atomic mass is 9.85. The van der Waals surface area contributed by atoms with E-state index in [1.54, 1.807) is 7.11 Å². The fourth-order valence-electron chi connectivity index (χ4n) is 1.36. The first-order valence-corrected chi connectivity index (χ1v) is 3.68. The molecule has 0 aromatic rings. The standard InChI is InChI=1S/C8H19NO/c1-6(9)7(10-5)8(2,3)4/h6-7H,9H2,1-5H3. The van der Waals surface area contributed by atoms with Crippen LogP contribution in [0, 0.1) is 5.41 Å². The molecule has 0 amide bonds. The fourth-order valence-corrected chi connectivity index (χ4v) is 1.36. The zero-order valence-electron chi connectivity index (χ0n) is 7.64. The predicted octanol–water partition coefficient (Wildman–Crippen LogP) is 1.39. The molecule has 0 aromatic heterocycles. The van der Waals surface area contributed by atoms with Crippen LogP contribution in [0.2, 0.25) is 0 Å². The zero-order chi connectivity index (χ0) is 8.36.